The van der Waals surface area contributed by atoms with Crippen molar-refractivity contribution in [2.24, 2.45) is 0 Å². The van der Waals surface area contributed by atoms with E-state index in [1.54, 1.807) is 0 Å². The second kappa shape index (κ2) is 13.2. The van der Waals surface area contributed by atoms with Gasteiger partial charge in [0, 0.05) is 0 Å². The van der Waals surface area contributed by atoms with Crippen LogP contribution in [0.5, 0.6) is 0 Å². The first kappa shape index (κ1) is 22.8. The Morgan fingerprint density at radius 2 is 1.39 bits per heavy atom. The van der Waals surface area contributed by atoms with Crippen LogP contribution in [0.3, 0.4) is 0 Å². The maximum absolute atomic E-state index is 8.95. The highest BCUT2D eigenvalue weighted by Gasteiger charge is 2.28. The number of aliphatic hydroxyl groups excluding tert-OH is 1. The van der Waals surface area contributed by atoms with E-state index in [4.69, 9.17) is 19.3 Å². The number of rotatable bonds is 15. The summed E-state index contributed by atoms with van der Waals surface area (Å²) >= 11 is 0. The standard InChI is InChI=1S/C19H40O4/c1-7-10-11-12-19(8-2,9-3)23-18(6)15-22-17(5)14-21-16(4)13-20/h16-18,20H,7-15H2,1-6H3. The quantitative estimate of drug-likeness (QED) is 0.453. The van der Waals surface area contributed by atoms with Gasteiger partial charge in [0.2, 0.25) is 0 Å². The van der Waals surface area contributed by atoms with Crippen molar-refractivity contribution in [3.8, 4) is 0 Å². The monoisotopic (exact) mass is 332 g/mol. The summed E-state index contributed by atoms with van der Waals surface area (Å²) in [6.07, 6.45) is 6.91. The molecule has 4 nitrogen and oxygen atoms in total. The van der Waals surface area contributed by atoms with Gasteiger partial charge in [0.1, 0.15) is 0 Å². The minimum absolute atomic E-state index is 0.00722. The predicted molar refractivity (Wildman–Crippen MR) is 95.9 cm³/mol. The normalized spacial score (nSPS) is 16.3. The largest absolute Gasteiger partial charge is 0.394 e. The van der Waals surface area contributed by atoms with E-state index in [2.05, 4.69) is 27.7 Å². The highest BCUT2D eigenvalue weighted by atomic mass is 16.6. The van der Waals surface area contributed by atoms with Crippen LogP contribution in [0.15, 0.2) is 0 Å². The molecule has 0 saturated carbocycles. The van der Waals surface area contributed by atoms with Crippen LogP contribution in [0.4, 0.5) is 0 Å². The van der Waals surface area contributed by atoms with E-state index < -0.39 is 0 Å². The fourth-order valence-corrected chi connectivity index (χ4v) is 2.69. The van der Waals surface area contributed by atoms with Gasteiger partial charge in [0.15, 0.2) is 0 Å². The lowest BCUT2D eigenvalue weighted by molar-refractivity contribution is -0.135. The molecule has 0 aromatic rings. The van der Waals surface area contributed by atoms with Crippen LogP contribution >= 0.6 is 0 Å². The average Bonchev–Trinajstić information content (AvgIpc) is 2.56. The Balaban J connectivity index is 4.18. The molecule has 0 radical (unpaired) electrons. The topological polar surface area (TPSA) is 47.9 Å². The van der Waals surface area contributed by atoms with Gasteiger partial charge in [-0.25, -0.2) is 0 Å². The Kier molecular flexibility index (Phi) is 13.1. The number of hydrogen-bond donors (Lipinski definition) is 1. The lowest BCUT2D eigenvalue weighted by Crippen LogP contribution is -2.37. The summed E-state index contributed by atoms with van der Waals surface area (Å²) in [6.45, 7) is 13.7. The molecule has 0 amide bonds. The maximum atomic E-state index is 8.95. The summed E-state index contributed by atoms with van der Waals surface area (Å²) in [4.78, 5) is 0. The number of ether oxygens (including phenoxy) is 3. The molecule has 3 atom stereocenters. The van der Waals surface area contributed by atoms with Crippen molar-refractivity contribution in [3.05, 3.63) is 0 Å². The molecule has 0 saturated heterocycles. The van der Waals surface area contributed by atoms with Crippen molar-refractivity contribution in [1.29, 1.82) is 0 Å². The zero-order chi connectivity index (χ0) is 17.7. The van der Waals surface area contributed by atoms with Crippen LogP contribution in [0.1, 0.15) is 80.1 Å². The van der Waals surface area contributed by atoms with Crippen LogP contribution < -0.4 is 0 Å². The summed E-state index contributed by atoms with van der Waals surface area (Å²) in [6, 6.07) is 0. The molecule has 0 aliphatic rings. The van der Waals surface area contributed by atoms with E-state index in [9.17, 15) is 0 Å². The summed E-state index contributed by atoms with van der Waals surface area (Å²) in [5.74, 6) is 0. The van der Waals surface area contributed by atoms with Gasteiger partial charge in [-0.3, -0.25) is 0 Å². The second-order valence-corrected chi connectivity index (χ2v) is 6.75. The van der Waals surface area contributed by atoms with Gasteiger partial charge in [-0.2, -0.15) is 0 Å². The molecule has 0 spiro atoms. The van der Waals surface area contributed by atoms with Crippen LogP contribution in [0, 0.1) is 0 Å². The van der Waals surface area contributed by atoms with Gasteiger partial charge in [-0.15, -0.1) is 0 Å². The molecule has 0 bridgehead atoms. The summed E-state index contributed by atoms with van der Waals surface area (Å²) < 4.78 is 17.7. The molecule has 0 aliphatic heterocycles. The van der Waals surface area contributed by atoms with Gasteiger partial charge in [-0.05, 0) is 40.0 Å². The Labute approximate surface area is 143 Å². The minimum Gasteiger partial charge on any atom is -0.394 e. The summed E-state index contributed by atoms with van der Waals surface area (Å²) in [5.41, 5.74) is -0.0108. The molecule has 1 N–H and O–H groups in total. The van der Waals surface area contributed by atoms with Crippen LogP contribution in [0.2, 0.25) is 0 Å². The molecule has 0 heterocycles. The highest BCUT2D eigenvalue weighted by molar-refractivity contribution is 4.79. The third-order valence-corrected chi connectivity index (χ3v) is 4.46. The van der Waals surface area contributed by atoms with E-state index in [1.165, 1.54) is 19.3 Å². The van der Waals surface area contributed by atoms with Crippen molar-refractivity contribution in [1.82, 2.24) is 0 Å². The van der Waals surface area contributed by atoms with E-state index in [0.717, 1.165) is 19.3 Å². The van der Waals surface area contributed by atoms with Crippen LogP contribution in [0.25, 0.3) is 0 Å². The molecule has 0 aromatic carbocycles. The van der Waals surface area contributed by atoms with Crippen molar-refractivity contribution < 1.29 is 19.3 Å². The van der Waals surface area contributed by atoms with Gasteiger partial charge >= 0.3 is 0 Å². The number of unbranched alkanes of at least 4 members (excludes halogenated alkanes) is 2. The van der Waals surface area contributed by atoms with Gasteiger partial charge < -0.3 is 19.3 Å². The average molecular weight is 333 g/mol. The maximum Gasteiger partial charge on any atom is 0.0788 e. The number of hydrogen-bond acceptors (Lipinski definition) is 4. The van der Waals surface area contributed by atoms with Gasteiger partial charge in [0.25, 0.3) is 0 Å². The van der Waals surface area contributed by atoms with Crippen molar-refractivity contribution >= 4 is 0 Å². The van der Waals surface area contributed by atoms with Crippen molar-refractivity contribution in [2.75, 3.05) is 19.8 Å². The Bertz CT molecular complexity index is 266. The molecule has 4 heteroatoms. The molecule has 0 aromatic heterocycles. The Morgan fingerprint density at radius 3 is 1.91 bits per heavy atom. The molecule has 0 aliphatic carbocycles. The fourth-order valence-electron chi connectivity index (χ4n) is 2.69. The molecular formula is C19H40O4. The van der Waals surface area contributed by atoms with Gasteiger partial charge in [-0.1, -0.05) is 40.0 Å². The zero-order valence-corrected chi connectivity index (χ0v) is 16.3. The molecule has 23 heavy (non-hydrogen) atoms. The molecule has 140 valence electrons. The van der Waals surface area contributed by atoms with Crippen LogP contribution in [-0.4, -0.2) is 48.8 Å². The van der Waals surface area contributed by atoms with E-state index in [-0.39, 0.29) is 30.5 Å². The second-order valence-electron chi connectivity index (χ2n) is 6.75. The van der Waals surface area contributed by atoms with Crippen molar-refractivity contribution in [3.63, 3.8) is 0 Å². The first-order valence-corrected chi connectivity index (χ1v) is 9.44. The molecular weight excluding hydrogens is 292 g/mol. The smallest absolute Gasteiger partial charge is 0.0788 e. The third kappa shape index (κ3) is 10.3. The Morgan fingerprint density at radius 1 is 0.826 bits per heavy atom. The molecule has 3 unspecified atom stereocenters. The third-order valence-electron chi connectivity index (χ3n) is 4.46. The van der Waals surface area contributed by atoms with Crippen molar-refractivity contribution in [2.45, 2.75) is 104 Å². The number of aliphatic hydroxyl groups is 1. The predicted octanol–water partition coefficient (Wildman–Crippen LogP) is 4.33. The first-order valence-electron chi connectivity index (χ1n) is 9.44. The first-order chi connectivity index (χ1) is 10.9. The lowest BCUT2D eigenvalue weighted by Gasteiger charge is -2.35. The summed E-state index contributed by atoms with van der Waals surface area (Å²) in [5, 5.41) is 8.95. The molecule has 0 fully saturated rings. The highest BCUT2D eigenvalue weighted by Crippen LogP contribution is 2.29. The van der Waals surface area contributed by atoms with E-state index in [1.807, 2.05) is 13.8 Å². The summed E-state index contributed by atoms with van der Waals surface area (Å²) in [7, 11) is 0. The van der Waals surface area contributed by atoms with Crippen LogP contribution in [-0.2, 0) is 14.2 Å². The van der Waals surface area contributed by atoms with Gasteiger partial charge in [0.05, 0.1) is 43.7 Å². The minimum atomic E-state index is -0.138. The fraction of sp³-hybridized carbons (Fsp3) is 1.00. The zero-order valence-electron chi connectivity index (χ0n) is 16.3. The molecule has 0 rings (SSSR count). The van der Waals surface area contributed by atoms with E-state index >= 15 is 0 Å². The Hall–Kier alpha value is -0.160. The van der Waals surface area contributed by atoms with E-state index in [0.29, 0.717) is 13.2 Å². The SMILES string of the molecule is CCCCCC(CC)(CC)OC(C)COC(C)COC(C)CO. The lowest BCUT2D eigenvalue weighted by atomic mass is 9.90.